The molecule has 1 fully saturated rings. The van der Waals surface area contributed by atoms with Crippen LogP contribution in [0, 0.1) is 0 Å². The van der Waals surface area contributed by atoms with Crippen LogP contribution in [0.5, 0.6) is 0 Å². The smallest absolute Gasteiger partial charge is 0.241 e. The Bertz CT molecular complexity index is 725. The number of rotatable bonds is 3. The van der Waals surface area contributed by atoms with Crippen molar-refractivity contribution in [3.63, 3.8) is 0 Å². The molecular weight excluding hydrogens is 352 g/mol. The van der Waals surface area contributed by atoms with Gasteiger partial charge in [-0.3, -0.25) is 9.69 Å². The number of nitrogens with two attached hydrogens (primary N) is 1. The summed E-state index contributed by atoms with van der Waals surface area (Å²) in [5.41, 5.74) is 1.66. The normalized spacial score (nSPS) is 21.2. The lowest BCUT2D eigenvalue weighted by atomic mass is 10.2. The maximum absolute atomic E-state index is 12.6. The molecule has 24 heavy (non-hydrogen) atoms. The molecule has 0 spiro atoms. The predicted octanol–water partition coefficient (Wildman–Crippen LogP) is -0.0614. The van der Waals surface area contributed by atoms with Crippen molar-refractivity contribution in [3.05, 3.63) is 23.8 Å². The Morgan fingerprint density at radius 2 is 2.12 bits per heavy atom. The van der Waals surface area contributed by atoms with Crippen molar-refractivity contribution in [2.24, 2.45) is 5.14 Å². The highest BCUT2D eigenvalue weighted by Crippen LogP contribution is 2.30. The number of primary sulfonamides is 1. The van der Waals surface area contributed by atoms with Gasteiger partial charge in [-0.15, -0.1) is 12.4 Å². The topological polar surface area (TPSA) is 95.7 Å². The maximum Gasteiger partial charge on any atom is 0.241 e. The minimum Gasteiger partial charge on any atom is -0.314 e. The molecule has 0 saturated carbocycles. The summed E-state index contributed by atoms with van der Waals surface area (Å²) >= 11 is 0. The summed E-state index contributed by atoms with van der Waals surface area (Å²) < 4.78 is 22.9. The van der Waals surface area contributed by atoms with E-state index in [1.165, 1.54) is 6.07 Å². The van der Waals surface area contributed by atoms with Crippen molar-refractivity contribution in [2.75, 3.05) is 37.6 Å². The van der Waals surface area contributed by atoms with Gasteiger partial charge < -0.3 is 10.2 Å². The second-order valence-corrected chi connectivity index (χ2v) is 7.72. The molecule has 134 valence electrons. The van der Waals surface area contributed by atoms with E-state index in [0.29, 0.717) is 25.6 Å². The molecule has 1 aromatic carbocycles. The van der Waals surface area contributed by atoms with Crippen LogP contribution in [0.15, 0.2) is 23.1 Å². The number of piperazine rings is 1. The third-order valence-electron chi connectivity index (χ3n) is 4.55. The monoisotopic (exact) mass is 374 g/mol. The van der Waals surface area contributed by atoms with Crippen LogP contribution in [-0.4, -0.2) is 58.0 Å². The van der Waals surface area contributed by atoms with Crippen LogP contribution in [0.2, 0.25) is 0 Å². The van der Waals surface area contributed by atoms with E-state index in [1.54, 1.807) is 17.0 Å². The highest BCUT2D eigenvalue weighted by Gasteiger charge is 2.28. The average Bonchev–Trinajstić information content (AvgIpc) is 2.92. The third-order valence-corrected chi connectivity index (χ3v) is 5.46. The largest absolute Gasteiger partial charge is 0.314 e. The highest BCUT2D eigenvalue weighted by atomic mass is 35.5. The van der Waals surface area contributed by atoms with Gasteiger partial charge in [0.05, 0.1) is 11.4 Å². The van der Waals surface area contributed by atoms with Crippen LogP contribution >= 0.6 is 12.4 Å². The Morgan fingerprint density at radius 3 is 2.79 bits per heavy atom. The molecule has 3 N–H and O–H groups in total. The van der Waals surface area contributed by atoms with Crippen molar-refractivity contribution >= 4 is 34.0 Å². The number of hydrogen-bond acceptors (Lipinski definition) is 5. The minimum atomic E-state index is -3.71. The van der Waals surface area contributed by atoms with Crippen molar-refractivity contribution in [1.29, 1.82) is 0 Å². The first kappa shape index (κ1) is 19.1. The van der Waals surface area contributed by atoms with Crippen LogP contribution in [0.1, 0.15) is 12.5 Å². The Balaban J connectivity index is 0.00000208. The molecule has 2 heterocycles. The van der Waals surface area contributed by atoms with E-state index in [2.05, 4.69) is 17.1 Å². The predicted molar refractivity (Wildman–Crippen MR) is 95.0 cm³/mol. The van der Waals surface area contributed by atoms with Gasteiger partial charge in [0.25, 0.3) is 0 Å². The number of hydrogen-bond donors (Lipinski definition) is 2. The van der Waals surface area contributed by atoms with Gasteiger partial charge in [0.1, 0.15) is 0 Å². The molecule has 7 nitrogen and oxygen atoms in total. The Hall–Kier alpha value is -1.19. The Morgan fingerprint density at radius 1 is 1.38 bits per heavy atom. The molecule has 9 heteroatoms. The molecule has 3 rings (SSSR count). The summed E-state index contributed by atoms with van der Waals surface area (Å²) in [4.78, 5) is 16.6. The van der Waals surface area contributed by atoms with E-state index in [0.717, 1.165) is 30.9 Å². The number of carbonyl (C=O) groups excluding carboxylic acids is 1. The fraction of sp³-hybridized carbons (Fsp3) is 0.533. The zero-order valence-electron chi connectivity index (χ0n) is 13.6. The zero-order valence-corrected chi connectivity index (χ0v) is 15.2. The van der Waals surface area contributed by atoms with Crippen molar-refractivity contribution < 1.29 is 13.2 Å². The molecular formula is C15H23ClN4O3S. The van der Waals surface area contributed by atoms with Crippen LogP contribution in [0.3, 0.4) is 0 Å². The first-order chi connectivity index (χ1) is 10.9. The molecule has 1 atom stereocenters. The number of sulfonamides is 1. The lowest BCUT2D eigenvalue weighted by Gasteiger charge is -2.34. The van der Waals surface area contributed by atoms with E-state index in [1.807, 2.05) is 0 Å². The summed E-state index contributed by atoms with van der Waals surface area (Å²) in [5.74, 6) is 0.0563. The highest BCUT2D eigenvalue weighted by molar-refractivity contribution is 7.89. The lowest BCUT2D eigenvalue weighted by molar-refractivity contribution is -0.120. The average molecular weight is 375 g/mol. The van der Waals surface area contributed by atoms with Gasteiger partial charge in [0.15, 0.2) is 0 Å². The molecule has 0 unspecified atom stereocenters. The van der Waals surface area contributed by atoms with E-state index in [4.69, 9.17) is 5.14 Å². The number of anilines is 1. The number of halogens is 1. The maximum atomic E-state index is 12.6. The van der Waals surface area contributed by atoms with E-state index < -0.39 is 10.0 Å². The number of fused-ring (bicyclic) bond motifs is 1. The van der Waals surface area contributed by atoms with Gasteiger partial charge in [0, 0.05) is 37.9 Å². The molecule has 0 bridgehead atoms. The summed E-state index contributed by atoms with van der Waals surface area (Å²) in [5, 5.41) is 8.47. The second-order valence-electron chi connectivity index (χ2n) is 6.15. The molecule has 2 aliphatic rings. The molecule has 1 saturated heterocycles. The fourth-order valence-corrected chi connectivity index (χ4v) is 3.76. The number of nitrogens with zero attached hydrogens (tertiary/aromatic N) is 2. The number of amides is 1. The molecule has 0 radical (unpaired) electrons. The van der Waals surface area contributed by atoms with Crippen molar-refractivity contribution in [3.8, 4) is 0 Å². The van der Waals surface area contributed by atoms with Gasteiger partial charge in [-0.1, -0.05) is 0 Å². The van der Waals surface area contributed by atoms with E-state index >= 15 is 0 Å². The molecule has 0 aromatic heterocycles. The first-order valence-corrected chi connectivity index (χ1v) is 9.32. The molecule has 2 aliphatic heterocycles. The zero-order chi connectivity index (χ0) is 16.6. The van der Waals surface area contributed by atoms with Crippen molar-refractivity contribution in [2.45, 2.75) is 24.3 Å². The number of carbonyl (C=O) groups is 1. The van der Waals surface area contributed by atoms with Crippen LogP contribution in [0.4, 0.5) is 5.69 Å². The first-order valence-electron chi connectivity index (χ1n) is 7.77. The molecule has 1 amide bonds. The van der Waals surface area contributed by atoms with Gasteiger partial charge in [0.2, 0.25) is 15.9 Å². The number of benzene rings is 1. The summed E-state index contributed by atoms with van der Waals surface area (Å²) in [7, 11) is -3.71. The fourth-order valence-electron chi connectivity index (χ4n) is 3.19. The van der Waals surface area contributed by atoms with Gasteiger partial charge >= 0.3 is 0 Å². The summed E-state index contributed by atoms with van der Waals surface area (Å²) in [6, 6.07) is 5.05. The van der Waals surface area contributed by atoms with Crippen molar-refractivity contribution in [1.82, 2.24) is 10.2 Å². The van der Waals surface area contributed by atoms with Gasteiger partial charge in [-0.2, -0.15) is 0 Å². The summed E-state index contributed by atoms with van der Waals surface area (Å²) in [6.45, 7) is 5.73. The van der Waals surface area contributed by atoms with Crippen LogP contribution in [-0.2, 0) is 21.2 Å². The standard InChI is InChI=1S/C15H22N4O3S.ClH/c1-11-9-17-5-7-18(11)10-15(20)19-6-4-12-8-13(23(16,21)22)2-3-14(12)19;/h2-3,8,11,17H,4-7,9-10H2,1H3,(H2,16,21,22);1H/t11-;/m0./s1. The van der Waals surface area contributed by atoms with E-state index in [9.17, 15) is 13.2 Å². The Kier molecular flexibility index (Phi) is 5.87. The van der Waals surface area contributed by atoms with E-state index in [-0.39, 0.29) is 23.2 Å². The molecule has 1 aromatic rings. The quantitative estimate of drug-likeness (QED) is 0.772. The SMILES string of the molecule is C[C@H]1CNCCN1CC(=O)N1CCc2cc(S(N)(=O)=O)ccc21.Cl. The molecule has 0 aliphatic carbocycles. The number of nitrogens with one attached hydrogen (secondary N) is 1. The summed E-state index contributed by atoms with van der Waals surface area (Å²) in [6.07, 6.45) is 0.654. The van der Waals surface area contributed by atoms with Crippen LogP contribution < -0.4 is 15.4 Å². The van der Waals surface area contributed by atoms with Gasteiger partial charge in [-0.25, -0.2) is 13.6 Å². The van der Waals surface area contributed by atoms with Crippen LogP contribution in [0.25, 0.3) is 0 Å². The Labute approximate surface area is 148 Å². The second kappa shape index (κ2) is 7.37. The van der Waals surface area contributed by atoms with Gasteiger partial charge in [-0.05, 0) is 37.1 Å². The minimum absolute atomic E-state index is 0. The lowest BCUT2D eigenvalue weighted by Crippen LogP contribution is -2.53. The third kappa shape index (κ3) is 3.89.